The van der Waals surface area contributed by atoms with Crippen LogP contribution in [0.15, 0.2) is 52.0 Å². The molecule has 3 N–H and O–H groups in total. The highest BCUT2D eigenvalue weighted by atomic mass is 16.6. The average molecular weight is 576 g/mol. The van der Waals surface area contributed by atoms with Crippen molar-refractivity contribution in [2.24, 2.45) is 4.99 Å². The molecule has 1 amide bonds. The van der Waals surface area contributed by atoms with Crippen molar-refractivity contribution in [2.45, 2.75) is 47.2 Å². The number of fused-ring (bicyclic) bond motifs is 3. The lowest BCUT2D eigenvalue weighted by molar-refractivity contribution is -0.123. The van der Waals surface area contributed by atoms with Crippen LogP contribution in [0.2, 0.25) is 0 Å². The van der Waals surface area contributed by atoms with Crippen LogP contribution in [-0.4, -0.2) is 57.7 Å². The number of amides is 1. The Hall–Kier alpha value is -4.55. The SMILES string of the molecule is CCOc1cc2c(cc1OC)-c1c/c(=N\c3c(C)cc(C)cc3C)n(CCNC(=O)C3=CN(O)NN3C)c(=O)n1CC2. The number of aryl methyl sites for hydroxylation is 4. The molecule has 3 aromatic rings. The van der Waals surface area contributed by atoms with Gasteiger partial charge in [-0.2, -0.15) is 5.17 Å². The third kappa shape index (κ3) is 5.50. The number of hydroxylamine groups is 1. The lowest BCUT2D eigenvalue weighted by Crippen LogP contribution is -2.45. The second kappa shape index (κ2) is 11.7. The van der Waals surface area contributed by atoms with Crippen LogP contribution in [0, 0.1) is 20.8 Å². The number of rotatable bonds is 8. The highest BCUT2D eigenvalue weighted by Crippen LogP contribution is 2.37. The van der Waals surface area contributed by atoms with Crippen molar-refractivity contribution in [3.05, 3.63) is 80.5 Å². The van der Waals surface area contributed by atoms with Crippen LogP contribution >= 0.6 is 0 Å². The Labute approximate surface area is 244 Å². The molecule has 3 heterocycles. The molecule has 0 spiro atoms. The number of ether oxygens (including phenoxy) is 2. The molecule has 12 nitrogen and oxygen atoms in total. The number of carbonyl (C=O) groups excluding carboxylic acids is 1. The van der Waals surface area contributed by atoms with E-state index in [1.54, 1.807) is 23.3 Å². The summed E-state index contributed by atoms with van der Waals surface area (Å²) in [5.41, 5.74) is 9.71. The van der Waals surface area contributed by atoms with E-state index in [1.165, 1.54) is 11.2 Å². The molecular weight excluding hydrogens is 538 g/mol. The van der Waals surface area contributed by atoms with E-state index >= 15 is 0 Å². The van der Waals surface area contributed by atoms with Crippen molar-refractivity contribution in [1.82, 2.24) is 30.2 Å². The summed E-state index contributed by atoms with van der Waals surface area (Å²) in [4.78, 5) is 31.8. The monoisotopic (exact) mass is 575 g/mol. The van der Waals surface area contributed by atoms with Crippen molar-refractivity contribution >= 4 is 11.6 Å². The van der Waals surface area contributed by atoms with E-state index in [0.717, 1.165) is 39.2 Å². The largest absolute Gasteiger partial charge is 0.493 e. The number of aromatic nitrogens is 2. The topological polar surface area (TPSA) is 126 Å². The van der Waals surface area contributed by atoms with E-state index in [2.05, 4.69) is 23.0 Å². The van der Waals surface area contributed by atoms with E-state index in [0.29, 0.717) is 41.7 Å². The number of hydrogen-bond donors (Lipinski definition) is 3. The van der Waals surface area contributed by atoms with Gasteiger partial charge in [-0.05, 0) is 62.9 Å². The van der Waals surface area contributed by atoms with Gasteiger partial charge in [-0.15, -0.1) is 5.53 Å². The minimum absolute atomic E-state index is 0.172. The molecule has 5 rings (SSSR count). The van der Waals surface area contributed by atoms with Crippen LogP contribution in [0.1, 0.15) is 29.2 Å². The van der Waals surface area contributed by atoms with Crippen LogP contribution in [-0.2, 0) is 24.3 Å². The van der Waals surface area contributed by atoms with Crippen LogP contribution in [0.3, 0.4) is 0 Å². The Balaban J connectivity index is 1.61. The van der Waals surface area contributed by atoms with Crippen molar-refractivity contribution < 1.29 is 19.5 Å². The Morgan fingerprint density at radius 2 is 1.86 bits per heavy atom. The normalized spacial score (nSPS) is 14.5. The number of nitrogens with zero attached hydrogens (tertiary/aromatic N) is 5. The fourth-order valence-corrected chi connectivity index (χ4v) is 5.56. The summed E-state index contributed by atoms with van der Waals surface area (Å²) in [5, 5.41) is 14.5. The predicted molar refractivity (Wildman–Crippen MR) is 157 cm³/mol. The fourth-order valence-electron chi connectivity index (χ4n) is 5.56. The molecule has 2 aliphatic rings. The number of carbonyl (C=O) groups is 1. The van der Waals surface area contributed by atoms with E-state index in [-0.39, 0.29) is 24.5 Å². The third-order valence-electron chi connectivity index (χ3n) is 7.44. The number of hydrogen-bond acceptors (Lipinski definition) is 9. The van der Waals surface area contributed by atoms with Gasteiger partial charge in [0.15, 0.2) is 11.5 Å². The zero-order chi connectivity index (χ0) is 30.1. The zero-order valence-corrected chi connectivity index (χ0v) is 24.8. The van der Waals surface area contributed by atoms with E-state index in [9.17, 15) is 14.8 Å². The van der Waals surface area contributed by atoms with Gasteiger partial charge in [0.2, 0.25) is 0 Å². The Morgan fingerprint density at radius 3 is 2.50 bits per heavy atom. The van der Waals surface area contributed by atoms with Crippen LogP contribution in [0.4, 0.5) is 5.69 Å². The summed E-state index contributed by atoms with van der Waals surface area (Å²) in [6.07, 6.45) is 1.92. The standard InChI is InChI=1S/C30H37N7O5/c1-7-42-26-14-21-8-10-35-23(22(21)15-25(26)41-6)16-27(32-28-19(3)12-18(2)13-20(28)4)36(30(35)39)11-9-31-29(38)24-17-37(40)33-34(24)5/h12-17,33,40H,7-11H2,1-6H3,(H,31,38)/b32-27+. The maximum Gasteiger partial charge on any atom is 0.330 e. The van der Waals surface area contributed by atoms with Gasteiger partial charge < -0.3 is 14.8 Å². The Kier molecular flexibility index (Phi) is 8.10. The maximum atomic E-state index is 14.0. The fraction of sp³-hybridized carbons (Fsp3) is 0.367. The molecule has 0 saturated heterocycles. The first-order valence-corrected chi connectivity index (χ1v) is 13.9. The summed E-state index contributed by atoms with van der Waals surface area (Å²) < 4.78 is 14.8. The van der Waals surface area contributed by atoms with Gasteiger partial charge in [0.1, 0.15) is 11.2 Å². The maximum absolute atomic E-state index is 14.0. The van der Waals surface area contributed by atoms with Gasteiger partial charge in [-0.25, -0.2) is 9.79 Å². The molecule has 0 fully saturated rings. The van der Waals surface area contributed by atoms with Crippen LogP contribution < -0.4 is 31.5 Å². The van der Waals surface area contributed by atoms with Gasteiger partial charge in [0.25, 0.3) is 5.91 Å². The molecule has 2 aliphatic heterocycles. The second-order valence-electron chi connectivity index (χ2n) is 10.4. The number of likely N-dealkylation sites (N-methyl/N-ethyl adjacent to an activating group) is 1. The smallest absolute Gasteiger partial charge is 0.330 e. The molecule has 2 aromatic carbocycles. The highest BCUT2D eigenvalue weighted by molar-refractivity contribution is 5.92. The van der Waals surface area contributed by atoms with Crippen molar-refractivity contribution in [2.75, 3.05) is 27.3 Å². The summed E-state index contributed by atoms with van der Waals surface area (Å²) in [6.45, 7) is 9.36. The summed E-state index contributed by atoms with van der Waals surface area (Å²) in [5.74, 6) is 0.881. The number of hydrazine groups is 2. The Bertz CT molecular complexity index is 1680. The van der Waals surface area contributed by atoms with Gasteiger partial charge in [-0.3, -0.25) is 24.1 Å². The number of benzene rings is 2. The molecule has 0 radical (unpaired) electrons. The predicted octanol–water partition coefficient (Wildman–Crippen LogP) is 2.45. The molecule has 1 aromatic heterocycles. The molecule has 0 unspecified atom stereocenters. The highest BCUT2D eigenvalue weighted by Gasteiger charge is 2.24. The van der Waals surface area contributed by atoms with Crippen molar-refractivity contribution in [3.8, 4) is 22.8 Å². The van der Waals surface area contributed by atoms with E-state index in [4.69, 9.17) is 14.5 Å². The van der Waals surface area contributed by atoms with Crippen LogP contribution in [0.5, 0.6) is 11.5 Å². The number of nitrogens with one attached hydrogen (secondary N) is 2. The van der Waals surface area contributed by atoms with Crippen molar-refractivity contribution in [3.63, 3.8) is 0 Å². The third-order valence-corrected chi connectivity index (χ3v) is 7.44. The first kappa shape index (κ1) is 29.0. The lowest BCUT2D eigenvalue weighted by atomic mass is 9.97. The zero-order valence-electron chi connectivity index (χ0n) is 24.8. The summed E-state index contributed by atoms with van der Waals surface area (Å²) in [7, 11) is 3.21. The van der Waals surface area contributed by atoms with Gasteiger partial charge in [0.05, 0.1) is 31.3 Å². The van der Waals surface area contributed by atoms with E-state index in [1.807, 2.05) is 45.9 Å². The molecule has 222 valence electrons. The minimum atomic E-state index is -0.393. The molecule has 0 aliphatic carbocycles. The molecule has 42 heavy (non-hydrogen) atoms. The molecule has 12 heteroatoms. The quantitative estimate of drug-likeness (QED) is 0.374. The minimum Gasteiger partial charge on any atom is -0.493 e. The van der Waals surface area contributed by atoms with Crippen LogP contribution in [0.25, 0.3) is 11.3 Å². The number of methoxy groups -OCH3 is 1. The van der Waals surface area contributed by atoms with Gasteiger partial charge >= 0.3 is 5.69 Å². The average Bonchev–Trinajstić information content (AvgIpc) is 3.29. The van der Waals surface area contributed by atoms with Crippen molar-refractivity contribution in [1.29, 1.82) is 0 Å². The van der Waals surface area contributed by atoms with E-state index < -0.39 is 5.91 Å². The van der Waals surface area contributed by atoms with Gasteiger partial charge in [-0.1, -0.05) is 17.7 Å². The molecule has 0 atom stereocenters. The second-order valence-corrected chi connectivity index (χ2v) is 10.4. The molecular formula is C30H37N7O5. The summed E-state index contributed by atoms with van der Waals surface area (Å²) >= 11 is 0. The molecule has 0 bridgehead atoms. The van der Waals surface area contributed by atoms with Gasteiger partial charge in [0, 0.05) is 38.3 Å². The first-order chi connectivity index (χ1) is 20.1. The molecule has 0 saturated carbocycles. The lowest BCUT2D eigenvalue weighted by Gasteiger charge is -2.25. The first-order valence-electron chi connectivity index (χ1n) is 13.9. The Morgan fingerprint density at radius 1 is 1.12 bits per heavy atom. The summed E-state index contributed by atoms with van der Waals surface area (Å²) in [6, 6.07) is 9.99.